The van der Waals surface area contributed by atoms with Gasteiger partial charge in [0.25, 0.3) is 0 Å². The van der Waals surface area contributed by atoms with Gasteiger partial charge in [-0.15, -0.1) is 0 Å². The molecule has 0 fully saturated rings. The molecule has 0 bridgehead atoms. The Bertz CT molecular complexity index is 66.5. The quantitative estimate of drug-likeness (QED) is 0.313. The van der Waals surface area contributed by atoms with Crippen molar-refractivity contribution in [2.75, 3.05) is 6.61 Å². The molecular formula is C11H23KO. The summed E-state index contributed by atoms with van der Waals surface area (Å²) in [5.74, 6) is 0. The Labute approximate surface area is 126 Å². The summed E-state index contributed by atoms with van der Waals surface area (Å²) in [5.41, 5.74) is 0. The standard InChI is InChI=1S/C11H23O.K/c1-3-5-6-7-8-9-11-12-10-4-2;/h10H,3-9,11H2,1-2H3;/q-1;+1. The van der Waals surface area contributed by atoms with E-state index < -0.39 is 0 Å². The Morgan fingerprint density at radius 2 is 1.54 bits per heavy atom. The summed E-state index contributed by atoms with van der Waals surface area (Å²) in [5, 5.41) is 0. The molecule has 0 aliphatic heterocycles. The van der Waals surface area contributed by atoms with Gasteiger partial charge in [0, 0.05) is 6.61 Å². The van der Waals surface area contributed by atoms with E-state index in [2.05, 4.69) is 13.8 Å². The molecule has 0 spiro atoms. The van der Waals surface area contributed by atoms with E-state index in [1.54, 1.807) is 0 Å². The Morgan fingerprint density at radius 1 is 0.923 bits per heavy atom. The molecule has 0 atom stereocenters. The molecule has 0 saturated heterocycles. The van der Waals surface area contributed by atoms with Crippen molar-refractivity contribution in [2.24, 2.45) is 0 Å². The van der Waals surface area contributed by atoms with Gasteiger partial charge < -0.3 is 4.74 Å². The van der Waals surface area contributed by atoms with Crippen LogP contribution in [-0.4, -0.2) is 6.61 Å². The largest absolute Gasteiger partial charge is 1.00 e. The van der Waals surface area contributed by atoms with Crippen LogP contribution in [0, 0.1) is 6.61 Å². The van der Waals surface area contributed by atoms with Gasteiger partial charge in [-0.1, -0.05) is 46.0 Å². The fourth-order valence-electron chi connectivity index (χ4n) is 1.17. The van der Waals surface area contributed by atoms with Crippen LogP contribution in [0.15, 0.2) is 0 Å². The van der Waals surface area contributed by atoms with Crippen molar-refractivity contribution in [1.29, 1.82) is 0 Å². The fourth-order valence-corrected chi connectivity index (χ4v) is 1.17. The Kier molecular flexibility index (Phi) is 21.0. The van der Waals surface area contributed by atoms with Gasteiger partial charge in [-0.25, -0.2) is 6.61 Å². The second kappa shape index (κ2) is 16.0. The van der Waals surface area contributed by atoms with Crippen LogP contribution in [0.1, 0.15) is 58.8 Å². The van der Waals surface area contributed by atoms with Gasteiger partial charge in [-0.3, -0.25) is 0 Å². The maximum Gasteiger partial charge on any atom is 1.00 e. The van der Waals surface area contributed by atoms with Crippen LogP contribution in [0.2, 0.25) is 0 Å². The predicted octanol–water partition coefficient (Wildman–Crippen LogP) is 0.939. The summed E-state index contributed by atoms with van der Waals surface area (Å²) in [7, 11) is 0. The van der Waals surface area contributed by atoms with Crippen LogP contribution in [0.3, 0.4) is 0 Å². The summed E-state index contributed by atoms with van der Waals surface area (Å²) < 4.78 is 5.26. The minimum atomic E-state index is 0. The molecule has 0 aromatic rings. The molecule has 0 saturated carbocycles. The van der Waals surface area contributed by atoms with Crippen LogP contribution in [0.5, 0.6) is 0 Å². The van der Waals surface area contributed by atoms with Gasteiger partial charge in [-0.05, 0) is 6.42 Å². The predicted molar refractivity (Wildman–Crippen MR) is 53.9 cm³/mol. The van der Waals surface area contributed by atoms with Crippen LogP contribution in [0.4, 0.5) is 0 Å². The maximum atomic E-state index is 5.26. The van der Waals surface area contributed by atoms with Gasteiger partial charge in [0.2, 0.25) is 0 Å². The first-order valence-corrected chi connectivity index (χ1v) is 5.35. The van der Waals surface area contributed by atoms with E-state index in [9.17, 15) is 0 Å². The molecule has 0 aromatic carbocycles. The van der Waals surface area contributed by atoms with Crippen molar-refractivity contribution in [2.45, 2.75) is 58.8 Å². The number of ether oxygens (including phenoxy) is 1. The fraction of sp³-hybridized carbons (Fsp3) is 0.909. The van der Waals surface area contributed by atoms with Crippen molar-refractivity contribution in [3.63, 3.8) is 0 Å². The van der Waals surface area contributed by atoms with Crippen LogP contribution in [0.25, 0.3) is 0 Å². The molecule has 0 rings (SSSR count). The molecule has 13 heavy (non-hydrogen) atoms. The summed E-state index contributed by atoms with van der Waals surface area (Å²) >= 11 is 0. The Morgan fingerprint density at radius 3 is 2.15 bits per heavy atom. The molecule has 74 valence electrons. The van der Waals surface area contributed by atoms with Crippen molar-refractivity contribution < 1.29 is 56.1 Å². The molecule has 0 unspecified atom stereocenters. The van der Waals surface area contributed by atoms with E-state index in [1.165, 1.54) is 38.5 Å². The molecule has 0 aromatic heterocycles. The zero-order valence-corrected chi connectivity index (χ0v) is 12.8. The molecule has 0 aliphatic rings. The number of rotatable bonds is 9. The van der Waals surface area contributed by atoms with Gasteiger partial charge in [-0.2, -0.15) is 6.42 Å². The summed E-state index contributed by atoms with van der Waals surface area (Å²) in [6.45, 7) is 7.16. The van der Waals surface area contributed by atoms with Gasteiger partial charge in [0.15, 0.2) is 0 Å². The van der Waals surface area contributed by atoms with Crippen LogP contribution >= 0.6 is 0 Å². The summed E-state index contributed by atoms with van der Waals surface area (Å²) in [6.07, 6.45) is 9.08. The molecule has 0 radical (unpaired) electrons. The zero-order valence-electron chi connectivity index (χ0n) is 9.64. The second-order valence-electron chi connectivity index (χ2n) is 3.21. The van der Waals surface area contributed by atoms with Crippen molar-refractivity contribution in [1.82, 2.24) is 0 Å². The first-order valence-electron chi connectivity index (χ1n) is 5.35. The monoisotopic (exact) mass is 210 g/mol. The van der Waals surface area contributed by atoms with Crippen LogP contribution in [-0.2, 0) is 4.74 Å². The molecule has 2 heteroatoms. The molecule has 0 aliphatic carbocycles. The second-order valence-corrected chi connectivity index (χ2v) is 3.21. The molecular weight excluding hydrogens is 187 g/mol. The zero-order chi connectivity index (χ0) is 9.07. The minimum Gasteiger partial charge on any atom is -0.552 e. The third kappa shape index (κ3) is 16.3. The van der Waals surface area contributed by atoms with Gasteiger partial charge in [0.1, 0.15) is 0 Å². The van der Waals surface area contributed by atoms with Gasteiger partial charge >= 0.3 is 51.4 Å². The average Bonchev–Trinajstić information content (AvgIpc) is 2.10. The Hall–Kier alpha value is 1.60. The number of hydrogen-bond donors (Lipinski definition) is 0. The van der Waals surface area contributed by atoms with Crippen LogP contribution < -0.4 is 51.4 Å². The summed E-state index contributed by atoms with van der Waals surface area (Å²) in [4.78, 5) is 0. The van der Waals surface area contributed by atoms with Gasteiger partial charge in [0.05, 0.1) is 0 Å². The molecule has 1 nitrogen and oxygen atoms in total. The van der Waals surface area contributed by atoms with E-state index in [1.807, 2.05) is 6.61 Å². The minimum absolute atomic E-state index is 0. The van der Waals surface area contributed by atoms with E-state index in [4.69, 9.17) is 4.74 Å². The third-order valence-corrected chi connectivity index (χ3v) is 1.90. The SMILES string of the molecule is CC[CH-]OCCCCCCCC.[K+]. The normalized spacial score (nSPS) is 9.69. The van der Waals surface area contributed by atoms with Crippen molar-refractivity contribution >= 4 is 0 Å². The van der Waals surface area contributed by atoms with E-state index in [0.717, 1.165) is 13.0 Å². The summed E-state index contributed by atoms with van der Waals surface area (Å²) in [6, 6.07) is 0. The van der Waals surface area contributed by atoms with E-state index in [0.29, 0.717) is 0 Å². The maximum absolute atomic E-state index is 5.26. The molecule has 0 N–H and O–H groups in total. The third-order valence-electron chi connectivity index (χ3n) is 1.90. The number of unbranched alkanes of at least 4 members (excludes halogenated alkanes) is 5. The first kappa shape index (κ1) is 17.0. The molecule has 0 amide bonds. The first-order chi connectivity index (χ1) is 5.91. The van der Waals surface area contributed by atoms with Crippen molar-refractivity contribution in [3.05, 3.63) is 6.61 Å². The smallest absolute Gasteiger partial charge is 0.552 e. The van der Waals surface area contributed by atoms with E-state index in [-0.39, 0.29) is 51.4 Å². The van der Waals surface area contributed by atoms with Crippen molar-refractivity contribution in [3.8, 4) is 0 Å². The molecule has 0 heterocycles. The van der Waals surface area contributed by atoms with E-state index >= 15 is 0 Å². The Balaban J connectivity index is 0. The number of hydrogen-bond acceptors (Lipinski definition) is 1. The average molecular weight is 210 g/mol. The topological polar surface area (TPSA) is 9.23 Å².